The van der Waals surface area contributed by atoms with Crippen molar-refractivity contribution in [3.63, 3.8) is 0 Å². The summed E-state index contributed by atoms with van der Waals surface area (Å²) in [5.41, 5.74) is -0.804. The van der Waals surface area contributed by atoms with Crippen LogP contribution < -0.4 is 5.32 Å². The Kier molecular flexibility index (Phi) is 5.99. The van der Waals surface area contributed by atoms with Gasteiger partial charge in [0.1, 0.15) is 0 Å². The highest BCUT2D eigenvalue weighted by Crippen LogP contribution is 2.41. The Morgan fingerprint density at radius 2 is 2.00 bits per heavy atom. The first-order chi connectivity index (χ1) is 8.50. The molecule has 0 aliphatic heterocycles. The van der Waals surface area contributed by atoms with Gasteiger partial charge < -0.3 is 10.4 Å². The molecule has 0 aromatic heterocycles. The molecule has 1 saturated carbocycles. The van der Waals surface area contributed by atoms with Gasteiger partial charge in [0.2, 0.25) is 5.91 Å². The van der Waals surface area contributed by atoms with Gasteiger partial charge in [0.05, 0.1) is 5.41 Å². The zero-order chi connectivity index (χ0) is 13.6. The molecular weight excluding hydrogens is 250 g/mol. The number of thioether (sulfide) groups is 1. The largest absolute Gasteiger partial charge is 0.481 e. The maximum Gasteiger partial charge on any atom is 0.310 e. The van der Waals surface area contributed by atoms with E-state index >= 15 is 0 Å². The van der Waals surface area contributed by atoms with Crippen LogP contribution in [0.25, 0.3) is 0 Å². The van der Waals surface area contributed by atoms with E-state index in [4.69, 9.17) is 0 Å². The van der Waals surface area contributed by atoms with Crippen molar-refractivity contribution in [1.29, 1.82) is 0 Å². The number of aliphatic carboxylic acids is 1. The van der Waals surface area contributed by atoms with Crippen LogP contribution in [0.15, 0.2) is 0 Å². The molecule has 0 spiro atoms. The summed E-state index contributed by atoms with van der Waals surface area (Å²) < 4.78 is 0. The molecule has 1 rings (SSSR count). The molecule has 0 saturated heterocycles. The molecule has 1 aliphatic rings. The Hall–Kier alpha value is -0.710. The third-order valence-electron chi connectivity index (χ3n) is 3.49. The van der Waals surface area contributed by atoms with Crippen molar-refractivity contribution in [2.24, 2.45) is 5.41 Å². The Bertz CT molecular complexity index is 301. The number of carbonyl (C=O) groups is 2. The van der Waals surface area contributed by atoms with E-state index in [1.165, 1.54) is 0 Å². The second-order valence-electron chi connectivity index (χ2n) is 5.10. The smallest absolute Gasteiger partial charge is 0.310 e. The average molecular weight is 273 g/mol. The molecule has 1 atom stereocenters. The maximum absolute atomic E-state index is 11.9. The molecule has 1 amide bonds. The van der Waals surface area contributed by atoms with Crippen molar-refractivity contribution in [2.45, 2.75) is 52.0 Å². The van der Waals surface area contributed by atoms with Gasteiger partial charge in [0.15, 0.2) is 0 Å². The van der Waals surface area contributed by atoms with Crippen LogP contribution in [0.4, 0.5) is 0 Å². The molecule has 2 N–H and O–H groups in total. The van der Waals surface area contributed by atoms with E-state index in [2.05, 4.69) is 12.2 Å². The number of carbonyl (C=O) groups excluding carboxylic acids is 1. The molecule has 1 unspecified atom stereocenters. The van der Waals surface area contributed by atoms with Gasteiger partial charge in [-0.15, -0.1) is 0 Å². The van der Waals surface area contributed by atoms with Gasteiger partial charge in [-0.3, -0.25) is 9.59 Å². The average Bonchev–Trinajstić information content (AvgIpc) is 2.75. The van der Waals surface area contributed by atoms with Crippen molar-refractivity contribution in [1.82, 2.24) is 5.32 Å². The van der Waals surface area contributed by atoms with Gasteiger partial charge >= 0.3 is 5.97 Å². The van der Waals surface area contributed by atoms with Gasteiger partial charge in [-0.2, -0.15) is 11.8 Å². The Morgan fingerprint density at radius 3 is 2.50 bits per heavy atom. The number of carboxylic acids is 1. The predicted molar refractivity (Wildman–Crippen MR) is 73.8 cm³/mol. The molecule has 104 valence electrons. The lowest BCUT2D eigenvalue weighted by Gasteiger charge is -2.24. The minimum atomic E-state index is -0.814. The highest BCUT2D eigenvalue weighted by molar-refractivity contribution is 7.99. The molecule has 1 fully saturated rings. The lowest BCUT2D eigenvalue weighted by atomic mass is 9.82. The minimum Gasteiger partial charge on any atom is -0.481 e. The van der Waals surface area contributed by atoms with Crippen LogP contribution in [0.5, 0.6) is 0 Å². The van der Waals surface area contributed by atoms with Gasteiger partial charge in [-0.25, -0.2) is 0 Å². The fraction of sp³-hybridized carbons (Fsp3) is 0.846. The summed E-state index contributed by atoms with van der Waals surface area (Å²) in [6, 6.07) is 0.106. The number of hydrogen-bond acceptors (Lipinski definition) is 3. The second kappa shape index (κ2) is 7.02. The highest BCUT2D eigenvalue weighted by Gasteiger charge is 2.43. The third kappa shape index (κ3) is 4.19. The fourth-order valence-corrected chi connectivity index (χ4v) is 3.16. The van der Waals surface area contributed by atoms with Crippen molar-refractivity contribution >= 4 is 23.6 Å². The molecule has 0 radical (unpaired) electrons. The van der Waals surface area contributed by atoms with Crippen molar-refractivity contribution in [3.8, 4) is 0 Å². The third-order valence-corrected chi connectivity index (χ3v) is 4.64. The summed E-state index contributed by atoms with van der Waals surface area (Å²) in [5.74, 6) is 0.968. The molecule has 0 aromatic carbocycles. The van der Waals surface area contributed by atoms with E-state index in [0.717, 1.165) is 24.3 Å². The van der Waals surface area contributed by atoms with Crippen LogP contribution in [-0.2, 0) is 9.59 Å². The summed E-state index contributed by atoms with van der Waals surface area (Å²) >= 11 is 1.78. The highest BCUT2D eigenvalue weighted by atomic mass is 32.2. The van der Waals surface area contributed by atoms with Crippen molar-refractivity contribution < 1.29 is 14.7 Å². The van der Waals surface area contributed by atoms with E-state index < -0.39 is 11.4 Å². The first-order valence-electron chi connectivity index (χ1n) is 6.60. The second-order valence-corrected chi connectivity index (χ2v) is 6.42. The molecule has 0 bridgehead atoms. The van der Waals surface area contributed by atoms with Crippen LogP contribution in [0.2, 0.25) is 0 Å². The summed E-state index contributed by atoms with van der Waals surface area (Å²) in [6.07, 6.45) is 3.23. The SMILES string of the molecule is CCSCC(C)NC(=O)CC1(C(=O)O)CCCC1. The van der Waals surface area contributed by atoms with Gasteiger partial charge in [0, 0.05) is 18.2 Å². The first-order valence-corrected chi connectivity index (χ1v) is 7.76. The quantitative estimate of drug-likeness (QED) is 0.747. The molecule has 4 nitrogen and oxygen atoms in total. The minimum absolute atomic E-state index is 0.106. The van der Waals surface area contributed by atoms with E-state index in [1.807, 2.05) is 6.92 Å². The first kappa shape index (κ1) is 15.3. The van der Waals surface area contributed by atoms with E-state index in [1.54, 1.807) is 11.8 Å². The van der Waals surface area contributed by atoms with E-state index in [9.17, 15) is 14.7 Å². The Balaban J connectivity index is 2.45. The van der Waals surface area contributed by atoms with E-state index in [-0.39, 0.29) is 18.4 Å². The van der Waals surface area contributed by atoms with Crippen LogP contribution in [0.1, 0.15) is 46.0 Å². The maximum atomic E-state index is 11.9. The lowest BCUT2D eigenvalue weighted by Crippen LogP contribution is -2.40. The standard InChI is InChI=1S/C13H23NO3S/c1-3-18-9-10(2)14-11(15)8-13(12(16)17)6-4-5-7-13/h10H,3-9H2,1-2H3,(H,14,15)(H,16,17). The number of hydrogen-bond donors (Lipinski definition) is 2. The number of rotatable bonds is 7. The zero-order valence-corrected chi connectivity index (χ0v) is 12.0. The molecule has 0 heterocycles. The predicted octanol–water partition coefficient (Wildman–Crippen LogP) is 2.28. The number of amides is 1. The zero-order valence-electron chi connectivity index (χ0n) is 11.2. The van der Waals surface area contributed by atoms with Crippen LogP contribution in [0, 0.1) is 5.41 Å². The fourth-order valence-electron chi connectivity index (χ4n) is 2.49. The number of nitrogens with one attached hydrogen (secondary N) is 1. The van der Waals surface area contributed by atoms with Gasteiger partial charge in [-0.1, -0.05) is 19.8 Å². The molecule has 18 heavy (non-hydrogen) atoms. The number of carboxylic acid groups (broad SMARTS) is 1. The molecule has 0 aromatic rings. The topological polar surface area (TPSA) is 66.4 Å². The summed E-state index contributed by atoms with van der Waals surface area (Å²) in [6.45, 7) is 4.04. The van der Waals surface area contributed by atoms with E-state index in [0.29, 0.717) is 12.8 Å². The normalized spacial score (nSPS) is 19.4. The van der Waals surface area contributed by atoms with Crippen molar-refractivity contribution in [3.05, 3.63) is 0 Å². The molecule has 5 heteroatoms. The Morgan fingerprint density at radius 1 is 1.39 bits per heavy atom. The van der Waals surface area contributed by atoms with Crippen LogP contribution in [0.3, 0.4) is 0 Å². The molecule has 1 aliphatic carbocycles. The summed E-state index contributed by atoms with van der Waals surface area (Å²) in [5, 5.41) is 12.2. The van der Waals surface area contributed by atoms with Gasteiger partial charge in [-0.05, 0) is 25.5 Å². The van der Waals surface area contributed by atoms with Gasteiger partial charge in [0.25, 0.3) is 0 Å². The summed E-state index contributed by atoms with van der Waals surface area (Å²) in [7, 11) is 0. The van der Waals surface area contributed by atoms with Crippen LogP contribution >= 0.6 is 11.8 Å². The summed E-state index contributed by atoms with van der Waals surface area (Å²) in [4.78, 5) is 23.2. The van der Waals surface area contributed by atoms with Crippen LogP contribution in [-0.4, -0.2) is 34.5 Å². The lowest BCUT2D eigenvalue weighted by molar-refractivity contribution is -0.151. The Labute approximate surface area is 113 Å². The monoisotopic (exact) mass is 273 g/mol. The molecular formula is C13H23NO3S. The van der Waals surface area contributed by atoms with Crippen molar-refractivity contribution in [2.75, 3.05) is 11.5 Å².